The van der Waals surface area contributed by atoms with Gasteiger partial charge in [-0.15, -0.1) is 0 Å². The van der Waals surface area contributed by atoms with Crippen molar-refractivity contribution in [1.82, 2.24) is 24.5 Å². The van der Waals surface area contributed by atoms with E-state index in [1.807, 2.05) is 41.5 Å². The summed E-state index contributed by atoms with van der Waals surface area (Å²) in [6, 6.07) is 0. The Kier molecular flexibility index (Phi) is 5.00. The van der Waals surface area contributed by atoms with Gasteiger partial charge in [-0.05, 0) is 42.0 Å². The molecule has 0 aliphatic carbocycles. The normalized spacial score (nSPS) is 10.7. The largest absolute Gasteiger partial charge is 0.346 e. The minimum absolute atomic E-state index is 0.654. The zero-order chi connectivity index (χ0) is 15.6. The van der Waals surface area contributed by atoms with Crippen LogP contribution in [0.4, 0.5) is 5.69 Å². The molecule has 0 spiro atoms. The summed E-state index contributed by atoms with van der Waals surface area (Å²) in [5.41, 5.74) is 3.08. The second-order valence-corrected chi connectivity index (χ2v) is 6.05. The standard InChI is InChI=1S/C13H19BrN6S/c1-5-20-12(10(14)6-16-20)8-18(3)13(21)17-11-7-15-19(4)9(11)2/h6-7H,5,8H2,1-4H3,(H,17,21). The molecule has 0 saturated heterocycles. The van der Waals surface area contributed by atoms with Crippen molar-refractivity contribution in [2.45, 2.75) is 26.9 Å². The van der Waals surface area contributed by atoms with Gasteiger partial charge in [0.05, 0.1) is 40.5 Å². The van der Waals surface area contributed by atoms with Gasteiger partial charge in [-0.2, -0.15) is 10.2 Å². The highest BCUT2D eigenvalue weighted by molar-refractivity contribution is 9.10. The van der Waals surface area contributed by atoms with E-state index in [0.717, 1.165) is 28.1 Å². The van der Waals surface area contributed by atoms with Crippen LogP contribution >= 0.6 is 28.1 Å². The molecule has 2 heterocycles. The van der Waals surface area contributed by atoms with Crippen LogP contribution in [0, 0.1) is 6.92 Å². The van der Waals surface area contributed by atoms with Crippen LogP contribution in [0.2, 0.25) is 0 Å². The minimum Gasteiger partial charge on any atom is -0.346 e. The number of hydrogen-bond donors (Lipinski definition) is 1. The molecule has 0 fully saturated rings. The molecular formula is C13H19BrN6S. The lowest BCUT2D eigenvalue weighted by Crippen LogP contribution is -2.31. The predicted molar refractivity (Wildman–Crippen MR) is 91.2 cm³/mol. The van der Waals surface area contributed by atoms with Gasteiger partial charge in [0.15, 0.2) is 5.11 Å². The Hall–Kier alpha value is -1.41. The number of halogens is 1. The molecule has 8 heteroatoms. The van der Waals surface area contributed by atoms with Gasteiger partial charge in [-0.1, -0.05) is 0 Å². The third kappa shape index (κ3) is 3.44. The average molecular weight is 371 g/mol. The zero-order valence-corrected chi connectivity index (χ0v) is 15.0. The average Bonchev–Trinajstić information content (AvgIpc) is 2.96. The quantitative estimate of drug-likeness (QED) is 0.838. The Morgan fingerprint density at radius 3 is 2.71 bits per heavy atom. The SMILES string of the molecule is CCn1ncc(Br)c1CN(C)C(=S)Nc1cnn(C)c1C. The highest BCUT2D eigenvalue weighted by atomic mass is 79.9. The Morgan fingerprint density at radius 1 is 1.43 bits per heavy atom. The molecule has 0 atom stereocenters. The van der Waals surface area contributed by atoms with Crippen LogP contribution in [0.3, 0.4) is 0 Å². The minimum atomic E-state index is 0.654. The summed E-state index contributed by atoms with van der Waals surface area (Å²) < 4.78 is 4.77. The number of thiocarbonyl (C=S) groups is 1. The van der Waals surface area contributed by atoms with Crippen LogP contribution in [0.15, 0.2) is 16.9 Å². The monoisotopic (exact) mass is 370 g/mol. The molecule has 2 aromatic heterocycles. The smallest absolute Gasteiger partial charge is 0.173 e. The molecule has 2 rings (SSSR count). The number of rotatable bonds is 4. The van der Waals surface area contributed by atoms with Crippen molar-refractivity contribution in [1.29, 1.82) is 0 Å². The fourth-order valence-electron chi connectivity index (χ4n) is 1.95. The topological polar surface area (TPSA) is 50.9 Å². The Balaban J connectivity index is 2.06. The van der Waals surface area contributed by atoms with Gasteiger partial charge in [0.1, 0.15) is 0 Å². The van der Waals surface area contributed by atoms with Crippen molar-refractivity contribution >= 4 is 38.9 Å². The van der Waals surface area contributed by atoms with E-state index in [1.165, 1.54) is 0 Å². The summed E-state index contributed by atoms with van der Waals surface area (Å²) in [7, 11) is 3.87. The van der Waals surface area contributed by atoms with Gasteiger partial charge >= 0.3 is 0 Å². The van der Waals surface area contributed by atoms with Crippen LogP contribution in [0.1, 0.15) is 18.3 Å². The molecule has 1 N–H and O–H groups in total. The second kappa shape index (κ2) is 6.57. The molecule has 0 aromatic carbocycles. The summed E-state index contributed by atoms with van der Waals surface area (Å²) in [6.07, 6.45) is 3.59. The van der Waals surface area contributed by atoms with Crippen LogP contribution in [0.25, 0.3) is 0 Å². The molecule has 0 amide bonds. The molecule has 21 heavy (non-hydrogen) atoms. The van der Waals surface area contributed by atoms with E-state index in [-0.39, 0.29) is 0 Å². The number of nitrogens with zero attached hydrogens (tertiary/aromatic N) is 5. The van der Waals surface area contributed by atoms with Crippen molar-refractivity contribution in [3.63, 3.8) is 0 Å². The third-order valence-electron chi connectivity index (χ3n) is 3.41. The third-order valence-corrected chi connectivity index (χ3v) is 4.48. The summed E-state index contributed by atoms with van der Waals surface area (Å²) in [5.74, 6) is 0. The second-order valence-electron chi connectivity index (χ2n) is 4.81. The van der Waals surface area contributed by atoms with Crippen molar-refractivity contribution in [3.05, 3.63) is 28.3 Å². The first-order chi connectivity index (χ1) is 9.93. The lowest BCUT2D eigenvalue weighted by Gasteiger charge is -2.21. The maximum Gasteiger partial charge on any atom is 0.173 e. The Bertz CT molecular complexity index is 647. The number of aromatic nitrogens is 4. The highest BCUT2D eigenvalue weighted by Gasteiger charge is 2.14. The van der Waals surface area contributed by atoms with E-state index in [0.29, 0.717) is 11.7 Å². The highest BCUT2D eigenvalue weighted by Crippen LogP contribution is 2.18. The van der Waals surface area contributed by atoms with Gasteiger partial charge in [0.25, 0.3) is 0 Å². The Morgan fingerprint density at radius 2 is 2.14 bits per heavy atom. The van der Waals surface area contributed by atoms with Gasteiger partial charge < -0.3 is 10.2 Å². The lowest BCUT2D eigenvalue weighted by atomic mass is 10.4. The van der Waals surface area contributed by atoms with Crippen LogP contribution in [-0.4, -0.2) is 36.6 Å². The van der Waals surface area contributed by atoms with E-state index in [9.17, 15) is 0 Å². The summed E-state index contributed by atoms with van der Waals surface area (Å²) >= 11 is 8.99. The maximum atomic E-state index is 5.46. The zero-order valence-electron chi connectivity index (χ0n) is 12.6. The lowest BCUT2D eigenvalue weighted by molar-refractivity contribution is 0.470. The molecule has 114 valence electrons. The van der Waals surface area contributed by atoms with Crippen molar-refractivity contribution in [2.75, 3.05) is 12.4 Å². The predicted octanol–water partition coefficient (Wildman–Crippen LogP) is 2.54. The van der Waals surface area contributed by atoms with Gasteiger partial charge in [0, 0.05) is 20.6 Å². The first-order valence-corrected chi connectivity index (χ1v) is 7.85. The van der Waals surface area contributed by atoms with Crippen LogP contribution in [-0.2, 0) is 20.1 Å². The van der Waals surface area contributed by atoms with E-state index in [4.69, 9.17) is 12.2 Å². The van der Waals surface area contributed by atoms with E-state index >= 15 is 0 Å². The first-order valence-electron chi connectivity index (χ1n) is 6.65. The van der Waals surface area contributed by atoms with Gasteiger partial charge in [-0.3, -0.25) is 9.36 Å². The fraction of sp³-hybridized carbons (Fsp3) is 0.462. The van der Waals surface area contributed by atoms with Crippen LogP contribution in [0.5, 0.6) is 0 Å². The molecule has 0 radical (unpaired) electrons. The Labute approximate surface area is 138 Å². The molecule has 0 aliphatic heterocycles. The summed E-state index contributed by atoms with van der Waals surface area (Å²) in [6.45, 7) is 5.58. The van der Waals surface area contributed by atoms with E-state index in [2.05, 4.69) is 38.4 Å². The molecule has 0 unspecified atom stereocenters. The maximum absolute atomic E-state index is 5.46. The molecule has 6 nitrogen and oxygen atoms in total. The summed E-state index contributed by atoms with van der Waals surface area (Å²) in [4.78, 5) is 1.98. The summed E-state index contributed by atoms with van der Waals surface area (Å²) in [5, 5.41) is 12.4. The number of anilines is 1. The number of aryl methyl sites for hydroxylation is 2. The van der Waals surface area contributed by atoms with Crippen molar-refractivity contribution in [2.24, 2.45) is 7.05 Å². The van der Waals surface area contributed by atoms with Crippen LogP contribution < -0.4 is 5.32 Å². The van der Waals surface area contributed by atoms with Gasteiger partial charge in [0.2, 0.25) is 0 Å². The molecule has 0 saturated carbocycles. The van der Waals surface area contributed by atoms with Crippen molar-refractivity contribution < 1.29 is 0 Å². The van der Waals surface area contributed by atoms with Crippen molar-refractivity contribution in [3.8, 4) is 0 Å². The molecule has 0 bridgehead atoms. The van der Waals surface area contributed by atoms with Gasteiger partial charge in [-0.25, -0.2) is 0 Å². The number of hydrogen-bond acceptors (Lipinski definition) is 3. The van der Waals surface area contributed by atoms with E-state index in [1.54, 1.807) is 6.20 Å². The first kappa shape index (κ1) is 16.0. The fourth-order valence-corrected chi connectivity index (χ4v) is 2.54. The molecule has 2 aromatic rings. The van der Waals surface area contributed by atoms with E-state index < -0.39 is 0 Å². The molecular weight excluding hydrogens is 352 g/mol. The number of nitrogens with one attached hydrogen (secondary N) is 1. The molecule has 0 aliphatic rings.